The number of nitrogens with zero attached hydrogens (tertiary/aromatic N) is 2. The number of hydrogen-bond donors (Lipinski definition) is 1. The Morgan fingerprint density at radius 3 is 2.78 bits per heavy atom. The van der Waals surface area contributed by atoms with Gasteiger partial charge in [0.05, 0.1) is 18.8 Å². The van der Waals surface area contributed by atoms with Crippen molar-refractivity contribution in [3.8, 4) is 11.6 Å². The zero-order valence-corrected chi connectivity index (χ0v) is 13.5. The van der Waals surface area contributed by atoms with Crippen molar-refractivity contribution in [3.05, 3.63) is 68.6 Å². The number of ether oxygens (including phenoxy) is 1. The van der Waals surface area contributed by atoms with Crippen molar-refractivity contribution < 1.29 is 4.74 Å². The molecule has 0 bridgehead atoms. The third kappa shape index (κ3) is 3.43. The molecule has 3 rings (SSSR count). The minimum atomic E-state index is -0.172. The van der Waals surface area contributed by atoms with E-state index in [0.29, 0.717) is 24.6 Å². The zero-order chi connectivity index (χ0) is 16.1. The minimum Gasteiger partial charge on any atom is -0.478 e. The molecule has 0 aliphatic rings. The van der Waals surface area contributed by atoms with Crippen molar-refractivity contribution in [2.45, 2.75) is 13.5 Å². The molecule has 0 unspecified atom stereocenters. The second-order valence-corrected chi connectivity index (χ2v) is 5.85. The molecule has 0 atom stereocenters. The van der Waals surface area contributed by atoms with E-state index in [-0.39, 0.29) is 5.56 Å². The molecule has 6 heteroatoms. The van der Waals surface area contributed by atoms with Crippen LogP contribution in [0.3, 0.4) is 0 Å². The molecule has 3 aromatic rings. The Morgan fingerprint density at radius 1 is 1.26 bits per heavy atom. The van der Waals surface area contributed by atoms with E-state index in [1.807, 2.05) is 54.8 Å². The van der Waals surface area contributed by atoms with Gasteiger partial charge in [0.2, 0.25) is 5.88 Å². The molecule has 0 spiro atoms. The van der Waals surface area contributed by atoms with Gasteiger partial charge in [0.1, 0.15) is 5.56 Å². The van der Waals surface area contributed by atoms with E-state index in [1.165, 1.54) is 4.68 Å². The highest BCUT2D eigenvalue weighted by Crippen LogP contribution is 2.14. The molecule has 1 N–H and O–H groups in total. The van der Waals surface area contributed by atoms with Crippen molar-refractivity contribution in [1.82, 2.24) is 9.78 Å². The molecule has 0 fully saturated rings. The Hall–Kier alpha value is -2.60. The van der Waals surface area contributed by atoms with Crippen LogP contribution in [-0.2, 0) is 6.54 Å². The van der Waals surface area contributed by atoms with Crippen molar-refractivity contribution in [3.63, 3.8) is 0 Å². The Labute approximate surface area is 137 Å². The highest BCUT2D eigenvalue weighted by molar-refractivity contribution is 7.09. The molecular formula is C17H17N3O2S. The number of benzene rings is 1. The van der Waals surface area contributed by atoms with E-state index in [2.05, 4.69) is 10.1 Å². The van der Waals surface area contributed by atoms with Crippen molar-refractivity contribution in [2.24, 2.45) is 4.99 Å². The summed E-state index contributed by atoms with van der Waals surface area (Å²) in [6.45, 7) is 2.91. The Kier molecular flexibility index (Phi) is 4.73. The van der Waals surface area contributed by atoms with Gasteiger partial charge in [-0.3, -0.25) is 14.9 Å². The highest BCUT2D eigenvalue weighted by Gasteiger charge is 2.14. The molecule has 0 aliphatic heterocycles. The third-order valence-corrected chi connectivity index (χ3v) is 4.10. The Morgan fingerprint density at radius 2 is 2.09 bits per heavy atom. The second kappa shape index (κ2) is 7.11. The quantitative estimate of drug-likeness (QED) is 0.707. The predicted molar refractivity (Wildman–Crippen MR) is 93.2 cm³/mol. The molecule has 5 nitrogen and oxygen atoms in total. The fourth-order valence-electron chi connectivity index (χ4n) is 2.19. The summed E-state index contributed by atoms with van der Waals surface area (Å²) in [6.07, 6.45) is 1.59. The molecule has 0 amide bonds. The van der Waals surface area contributed by atoms with E-state index in [1.54, 1.807) is 17.6 Å². The van der Waals surface area contributed by atoms with Crippen molar-refractivity contribution in [2.75, 3.05) is 6.61 Å². The van der Waals surface area contributed by atoms with Crippen LogP contribution in [-0.4, -0.2) is 22.6 Å². The van der Waals surface area contributed by atoms with E-state index in [9.17, 15) is 4.79 Å². The molecular weight excluding hydrogens is 310 g/mol. The minimum absolute atomic E-state index is 0.172. The second-order valence-electron chi connectivity index (χ2n) is 4.81. The highest BCUT2D eigenvalue weighted by atomic mass is 32.1. The third-order valence-electron chi connectivity index (χ3n) is 3.24. The van der Waals surface area contributed by atoms with E-state index in [0.717, 1.165) is 10.6 Å². The molecule has 23 heavy (non-hydrogen) atoms. The first-order chi connectivity index (χ1) is 11.3. The lowest BCUT2D eigenvalue weighted by Gasteiger charge is -2.01. The van der Waals surface area contributed by atoms with Crippen LogP contribution in [0.15, 0.2) is 57.6 Å². The first-order valence-electron chi connectivity index (χ1n) is 7.35. The van der Waals surface area contributed by atoms with Gasteiger partial charge in [-0.1, -0.05) is 24.3 Å². The van der Waals surface area contributed by atoms with Crippen molar-refractivity contribution >= 4 is 17.6 Å². The fourth-order valence-corrected chi connectivity index (χ4v) is 2.82. The summed E-state index contributed by atoms with van der Waals surface area (Å²) in [7, 11) is 0. The average molecular weight is 327 g/mol. The number of rotatable bonds is 6. The lowest BCUT2D eigenvalue weighted by atomic mass is 10.3. The van der Waals surface area contributed by atoms with Gasteiger partial charge in [-0.05, 0) is 30.5 Å². The topological polar surface area (TPSA) is 59.4 Å². The summed E-state index contributed by atoms with van der Waals surface area (Å²) < 4.78 is 7.01. The van der Waals surface area contributed by atoms with Gasteiger partial charge >= 0.3 is 0 Å². The molecule has 0 aliphatic carbocycles. The number of aromatic nitrogens is 2. The van der Waals surface area contributed by atoms with E-state index >= 15 is 0 Å². The fraction of sp³-hybridized carbons (Fsp3) is 0.176. The normalized spacial score (nSPS) is 11.2. The molecule has 1 aromatic carbocycles. The first kappa shape index (κ1) is 15.3. The van der Waals surface area contributed by atoms with Gasteiger partial charge < -0.3 is 4.74 Å². The van der Waals surface area contributed by atoms with Crippen LogP contribution in [0.25, 0.3) is 5.69 Å². The maximum atomic E-state index is 12.6. The number of thiophene rings is 1. The standard InChI is InChI=1S/C17H17N3O2S/c1-2-22-16-15(12-18-11-14-9-6-10-23-14)17(21)20(19-16)13-7-4-3-5-8-13/h3-10,12,19H,2,11H2,1H3. The molecule has 2 aromatic heterocycles. The van der Waals surface area contributed by atoms with Crippen LogP contribution in [0.1, 0.15) is 17.4 Å². The van der Waals surface area contributed by atoms with Crippen LogP contribution < -0.4 is 10.3 Å². The Balaban J connectivity index is 1.93. The summed E-state index contributed by atoms with van der Waals surface area (Å²) in [4.78, 5) is 18.1. The van der Waals surface area contributed by atoms with Gasteiger partial charge in [-0.15, -0.1) is 11.3 Å². The number of H-pyrrole nitrogens is 1. The maximum Gasteiger partial charge on any atom is 0.284 e. The van der Waals surface area contributed by atoms with Crippen LogP contribution in [0, 0.1) is 0 Å². The smallest absolute Gasteiger partial charge is 0.284 e. The predicted octanol–water partition coefficient (Wildman–Crippen LogP) is 3.24. The van der Waals surface area contributed by atoms with Crippen LogP contribution >= 0.6 is 11.3 Å². The van der Waals surface area contributed by atoms with Gasteiger partial charge in [0.15, 0.2) is 0 Å². The van der Waals surface area contributed by atoms with Gasteiger partial charge in [0.25, 0.3) is 5.56 Å². The Bertz CT molecular complexity index is 833. The summed E-state index contributed by atoms with van der Waals surface area (Å²) in [6, 6.07) is 13.4. The molecule has 0 radical (unpaired) electrons. The average Bonchev–Trinajstić information content (AvgIpc) is 3.19. The van der Waals surface area contributed by atoms with Crippen LogP contribution in [0.5, 0.6) is 5.88 Å². The maximum absolute atomic E-state index is 12.6. The lowest BCUT2D eigenvalue weighted by Crippen LogP contribution is -2.17. The number of para-hydroxylation sites is 1. The van der Waals surface area contributed by atoms with E-state index < -0.39 is 0 Å². The summed E-state index contributed by atoms with van der Waals surface area (Å²) in [5.74, 6) is 0.441. The zero-order valence-electron chi connectivity index (χ0n) is 12.7. The van der Waals surface area contributed by atoms with Crippen LogP contribution in [0.4, 0.5) is 0 Å². The SMILES string of the molecule is CCOc1[nH]n(-c2ccccc2)c(=O)c1C=NCc1cccs1. The first-order valence-corrected chi connectivity index (χ1v) is 8.23. The van der Waals surface area contributed by atoms with Gasteiger partial charge in [-0.25, -0.2) is 4.68 Å². The largest absolute Gasteiger partial charge is 0.478 e. The summed E-state index contributed by atoms with van der Waals surface area (Å²) in [5, 5.41) is 5.01. The van der Waals surface area contributed by atoms with Crippen molar-refractivity contribution in [1.29, 1.82) is 0 Å². The number of hydrogen-bond acceptors (Lipinski definition) is 4. The molecule has 2 heterocycles. The van der Waals surface area contributed by atoms with E-state index in [4.69, 9.17) is 4.74 Å². The summed E-state index contributed by atoms with van der Waals surface area (Å²) >= 11 is 1.64. The van der Waals surface area contributed by atoms with Gasteiger partial charge in [-0.2, -0.15) is 0 Å². The number of nitrogens with one attached hydrogen (secondary N) is 1. The molecule has 0 saturated heterocycles. The molecule has 0 saturated carbocycles. The van der Waals surface area contributed by atoms with Gasteiger partial charge in [0, 0.05) is 11.1 Å². The molecule has 118 valence electrons. The number of aliphatic imine (C=N–C) groups is 1. The number of aromatic amines is 1. The summed E-state index contributed by atoms with van der Waals surface area (Å²) in [5.41, 5.74) is 1.03. The lowest BCUT2D eigenvalue weighted by molar-refractivity contribution is 0.324. The monoisotopic (exact) mass is 327 g/mol. The van der Waals surface area contributed by atoms with Crippen LogP contribution in [0.2, 0.25) is 0 Å².